The number of amides is 1. The third kappa shape index (κ3) is 3.75. The molecule has 1 atom stereocenters. The van der Waals surface area contributed by atoms with Crippen LogP contribution in [0.15, 0.2) is 53.1 Å². The van der Waals surface area contributed by atoms with E-state index in [1.54, 1.807) is 24.3 Å². The van der Waals surface area contributed by atoms with E-state index in [1.807, 2.05) is 19.9 Å². The molecule has 0 radical (unpaired) electrons. The summed E-state index contributed by atoms with van der Waals surface area (Å²) in [5, 5.41) is 6.82. The average Bonchev–Trinajstić information content (AvgIpc) is 3.28. The van der Waals surface area contributed by atoms with Crippen LogP contribution in [0.2, 0.25) is 0 Å². The van der Waals surface area contributed by atoms with E-state index in [0.29, 0.717) is 5.56 Å². The second-order valence-electron chi connectivity index (χ2n) is 6.82. The zero-order chi connectivity index (χ0) is 20.6. The Kier molecular flexibility index (Phi) is 4.65. The predicted molar refractivity (Wildman–Crippen MR) is 97.4 cm³/mol. The van der Waals surface area contributed by atoms with Gasteiger partial charge in [0, 0.05) is 5.56 Å². The minimum Gasteiger partial charge on any atom is -0.395 e. The number of para-hydroxylation sites is 1. The van der Waals surface area contributed by atoms with Gasteiger partial charge in [-0.2, -0.15) is 4.98 Å². The summed E-state index contributed by atoms with van der Waals surface area (Å²) >= 11 is 0. The van der Waals surface area contributed by atoms with Gasteiger partial charge in [0.15, 0.2) is 17.3 Å². The standard InChI is InChI=1S/C20H17F2N3O4/c1-11(2)15(23-18(26)12-7-4-3-5-8-12)17-24-19(29-25-17)13-9-6-10-14-16(13)28-20(21,22)27-14/h3-11,15H,1-2H3,(H,23,26). The molecule has 150 valence electrons. The molecule has 0 bridgehead atoms. The Morgan fingerprint density at radius 1 is 1.07 bits per heavy atom. The minimum absolute atomic E-state index is 0.0160. The van der Waals surface area contributed by atoms with Crippen molar-refractivity contribution in [3.63, 3.8) is 0 Å². The number of nitrogens with zero attached hydrogens (tertiary/aromatic N) is 2. The summed E-state index contributed by atoms with van der Waals surface area (Å²) in [7, 11) is 0. The topological polar surface area (TPSA) is 86.5 Å². The highest BCUT2D eigenvalue weighted by molar-refractivity contribution is 5.94. The molecule has 0 saturated heterocycles. The highest BCUT2D eigenvalue weighted by atomic mass is 19.3. The second-order valence-corrected chi connectivity index (χ2v) is 6.82. The maximum absolute atomic E-state index is 13.4. The third-order valence-electron chi connectivity index (χ3n) is 4.37. The summed E-state index contributed by atoms with van der Waals surface area (Å²) in [6.45, 7) is 3.79. The molecule has 1 aliphatic rings. The van der Waals surface area contributed by atoms with Crippen molar-refractivity contribution in [2.75, 3.05) is 0 Å². The van der Waals surface area contributed by atoms with Gasteiger partial charge >= 0.3 is 6.29 Å². The van der Waals surface area contributed by atoms with Crippen molar-refractivity contribution in [1.29, 1.82) is 0 Å². The molecule has 3 aromatic rings. The summed E-state index contributed by atoms with van der Waals surface area (Å²) in [5.74, 6) is -0.432. The van der Waals surface area contributed by atoms with Gasteiger partial charge in [-0.05, 0) is 30.2 Å². The molecule has 9 heteroatoms. The first-order valence-corrected chi connectivity index (χ1v) is 8.93. The van der Waals surface area contributed by atoms with Gasteiger partial charge in [0.05, 0.1) is 11.6 Å². The number of hydrogen-bond donors (Lipinski definition) is 1. The van der Waals surface area contributed by atoms with Crippen LogP contribution >= 0.6 is 0 Å². The molecule has 7 nitrogen and oxygen atoms in total. The molecule has 2 heterocycles. The summed E-state index contributed by atoms with van der Waals surface area (Å²) in [4.78, 5) is 16.8. The first kappa shape index (κ1) is 18.9. The van der Waals surface area contributed by atoms with Crippen molar-refractivity contribution in [1.82, 2.24) is 15.5 Å². The van der Waals surface area contributed by atoms with E-state index < -0.39 is 12.3 Å². The summed E-state index contributed by atoms with van der Waals surface area (Å²) in [5.41, 5.74) is 0.672. The lowest BCUT2D eigenvalue weighted by Crippen LogP contribution is -2.32. The number of benzene rings is 2. The monoisotopic (exact) mass is 401 g/mol. The lowest BCUT2D eigenvalue weighted by molar-refractivity contribution is -0.286. The van der Waals surface area contributed by atoms with E-state index in [-0.39, 0.29) is 40.6 Å². The fourth-order valence-electron chi connectivity index (χ4n) is 2.95. The first-order chi connectivity index (χ1) is 13.8. The van der Waals surface area contributed by atoms with Crippen molar-refractivity contribution < 1.29 is 27.6 Å². The average molecular weight is 401 g/mol. The predicted octanol–water partition coefficient (Wildman–Crippen LogP) is 4.19. The van der Waals surface area contributed by atoms with Crippen LogP contribution in [0.1, 0.15) is 36.1 Å². The number of halogens is 2. The zero-order valence-electron chi connectivity index (χ0n) is 15.6. The Hall–Kier alpha value is -3.49. The van der Waals surface area contributed by atoms with Gasteiger partial charge in [0.2, 0.25) is 0 Å². The van der Waals surface area contributed by atoms with Crippen molar-refractivity contribution in [2.45, 2.75) is 26.2 Å². The molecule has 1 unspecified atom stereocenters. The molecular weight excluding hydrogens is 384 g/mol. The van der Waals surface area contributed by atoms with Crippen LogP contribution in [0, 0.1) is 5.92 Å². The van der Waals surface area contributed by atoms with Crippen molar-refractivity contribution in [3.8, 4) is 23.0 Å². The van der Waals surface area contributed by atoms with Gasteiger partial charge < -0.3 is 19.3 Å². The Labute approximate surface area is 164 Å². The Morgan fingerprint density at radius 2 is 1.83 bits per heavy atom. The van der Waals surface area contributed by atoms with E-state index in [0.717, 1.165) is 0 Å². The maximum Gasteiger partial charge on any atom is 0.586 e. The SMILES string of the molecule is CC(C)C(NC(=O)c1ccccc1)c1noc(-c2cccc3c2OC(F)(F)O3)n1. The normalized spacial score (nSPS) is 15.3. The van der Waals surface area contributed by atoms with E-state index in [4.69, 9.17) is 4.52 Å². The Balaban J connectivity index is 1.61. The van der Waals surface area contributed by atoms with E-state index >= 15 is 0 Å². The van der Waals surface area contributed by atoms with Gasteiger partial charge in [-0.25, -0.2) is 0 Å². The van der Waals surface area contributed by atoms with E-state index in [1.165, 1.54) is 18.2 Å². The first-order valence-electron chi connectivity index (χ1n) is 8.93. The fraction of sp³-hybridized carbons (Fsp3) is 0.250. The summed E-state index contributed by atoms with van der Waals surface area (Å²) in [6.07, 6.45) is -3.76. The third-order valence-corrected chi connectivity index (χ3v) is 4.37. The molecular formula is C20H17F2N3O4. The lowest BCUT2D eigenvalue weighted by Gasteiger charge is -2.18. The van der Waals surface area contributed by atoms with Crippen LogP contribution in [0.4, 0.5) is 8.78 Å². The lowest BCUT2D eigenvalue weighted by atomic mass is 10.0. The van der Waals surface area contributed by atoms with Gasteiger partial charge in [-0.3, -0.25) is 4.79 Å². The number of hydrogen-bond acceptors (Lipinski definition) is 6. The highest BCUT2D eigenvalue weighted by Gasteiger charge is 2.45. The van der Waals surface area contributed by atoms with E-state index in [9.17, 15) is 13.6 Å². The van der Waals surface area contributed by atoms with Crippen LogP contribution in [-0.2, 0) is 0 Å². The van der Waals surface area contributed by atoms with Gasteiger partial charge in [0.1, 0.15) is 0 Å². The molecule has 4 rings (SSSR count). The molecule has 1 aliphatic heterocycles. The van der Waals surface area contributed by atoms with Crippen LogP contribution in [0.3, 0.4) is 0 Å². The zero-order valence-corrected chi connectivity index (χ0v) is 15.6. The van der Waals surface area contributed by atoms with E-state index in [2.05, 4.69) is 24.9 Å². The molecule has 2 aromatic carbocycles. The maximum atomic E-state index is 13.4. The number of alkyl halides is 2. The number of carbonyl (C=O) groups is 1. The van der Waals surface area contributed by atoms with Crippen molar-refractivity contribution in [2.24, 2.45) is 5.92 Å². The Bertz CT molecular complexity index is 1040. The number of aromatic nitrogens is 2. The molecule has 0 spiro atoms. The molecule has 29 heavy (non-hydrogen) atoms. The molecule has 1 aromatic heterocycles. The minimum atomic E-state index is -3.76. The quantitative estimate of drug-likeness (QED) is 0.690. The number of ether oxygens (including phenoxy) is 2. The molecule has 0 aliphatic carbocycles. The smallest absolute Gasteiger partial charge is 0.395 e. The number of rotatable bonds is 5. The summed E-state index contributed by atoms with van der Waals surface area (Å²) < 4.78 is 41.1. The highest BCUT2D eigenvalue weighted by Crippen LogP contribution is 2.46. The van der Waals surface area contributed by atoms with Crippen molar-refractivity contribution in [3.05, 3.63) is 59.9 Å². The van der Waals surface area contributed by atoms with Gasteiger partial charge in [-0.1, -0.05) is 43.3 Å². The van der Waals surface area contributed by atoms with Crippen LogP contribution < -0.4 is 14.8 Å². The van der Waals surface area contributed by atoms with Gasteiger partial charge in [-0.15, -0.1) is 8.78 Å². The van der Waals surface area contributed by atoms with Crippen LogP contribution in [-0.4, -0.2) is 22.3 Å². The van der Waals surface area contributed by atoms with Gasteiger partial charge in [0.25, 0.3) is 11.8 Å². The molecule has 0 fully saturated rings. The van der Waals surface area contributed by atoms with Crippen LogP contribution in [0.5, 0.6) is 11.5 Å². The van der Waals surface area contributed by atoms with Crippen molar-refractivity contribution >= 4 is 5.91 Å². The number of fused-ring (bicyclic) bond motifs is 1. The van der Waals surface area contributed by atoms with Crippen LogP contribution in [0.25, 0.3) is 11.5 Å². The number of carbonyl (C=O) groups excluding carboxylic acids is 1. The summed E-state index contributed by atoms with van der Waals surface area (Å²) in [6, 6.07) is 12.6. The Morgan fingerprint density at radius 3 is 2.55 bits per heavy atom. The second kappa shape index (κ2) is 7.16. The molecule has 1 N–H and O–H groups in total. The molecule has 0 saturated carbocycles. The molecule has 1 amide bonds. The number of nitrogens with one attached hydrogen (secondary N) is 1. The largest absolute Gasteiger partial charge is 0.586 e. The fourth-order valence-corrected chi connectivity index (χ4v) is 2.95.